The second-order valence-corrected chi connectivity index (χ2v) is 7.08. The zero-order valence-electron chi connectivity index (χ0n) is 15.7. The van der Waals surface area contributed by atoms with Gasteiger partial charge in [-0.25, -0.2) is 0 Å². The van der Waals surface area contributed by atoms with Crippen LogP contribution in [-0.4, -0.2) is 35.1 Å². The summed E-state index contributed by atoms with van der Waals surface area (Å²) < 4.78 is 5.51. The molecule has 1 saturated heterocycles. The number of aromatic nitrogens is 2. The van der Waals surface area contributed by atoms with Crippen LogP contribution in [0.1, 0.15) is 30.0 Å². The van der Waals surface area contributed by atoms with E-state index in [0.29, 0.717) is 5.92 Å². The van der Waals surface area contributed by atoms with E-state index in [9.17, 15) is 0 Å². The number of rotatable bonds is 5. The first kappa shape index (κ1) is 17.7. The Labute approximate surface area is 160 Å². The molecule has 0 saturated carbocycles. The Morgan fingerprint density at radius 2 is 2.00 bits per heavy atom. The lowest BCUT2D eigenvalue weighted by molar-refractivity contribution is 0.198. The third kappa shape index (κ3) is 4.17. The Bertz CT molecular complexity index is 882. The predicted molar refractivity (Wildman–Crippen MR) is 108 cm³/mol. The molecule has 1 aromatic carbocycles. The van der Waals surface area contributed by atoms with Crippen LogP contribution in [0.15, 0.2) is 67.0 Å². The Hall–Kier alpha value is -2.72. The largest absolute Gasteiger partial charge is 0.496 e. The van der Waals surface area contributed by atoms with Gasteiger partial charge in [-0.05, 0) is 55.3 Å². The molecule has 4 rings (SSSR count). The van der Waals surface area contributed by atoms with Crippen LogP contribution < -0.4 is 4.74 Å². The number of hydrogen-bond acceptors (Lipinski definition) is 4. The van der Waals surface area contributed by atoms with Gasteiger partial charge < -0.3 is 4.74 Å². The van der Waals surface area contributed by atoms with Crippen molar-refractivity contribution in [2.75, 3.05) is 20.2 Å². The average Bonchev–Trinajstić information content (AvgIpc) is 2.75. The molecular weight excluding hydrogens is 334 g/mol. The van der Waals surface area contributed by atoms with Gasteiger partial charge in [0.1, 0.15) is 5.75 Å². The lowest BCUT2D eigenvalue weighted by Gasteiger charge is -2.32. The van der Waals surface area contributed by atoms with E-state index < -0.39 is 0 Å². The summed E-state index contributed by atoms with van der Waals surface area (Å²) in [6.45, 7) is 3.13. The minimum atomic E-state index is 0.463. The van der Waals surface area contributed by atoms with Crippen molar-refractivity contribution in [3.8, 4) is 17.0 Å². The first-order valence-corrected chi connectivity index (χ1v) is 9.55. The molecule has 138 valence electrons. The lowest BCUT2D eigenvalue weighted by atomic mass is 9.93. The van der Waals surface area contributed by atoms with Gasteiger partial charge in [-0.15, -0.1) is 0 Å². The number of pyridine rings is 2. The molecule has 27 heavy (non-hydrogen) atoms. The molecule has 0 unspecified atom stereocenters. The summed E-state index contributed by atoms with van der Waals surface area (Å²) in [5.74, 6) is 1.33. The van der Waals surface area contributed by atoms with Crippen LogP contribution in [0.3, 0.4) is 0 Å². The highest BCUT2D eigenvalue weighted by molar-refractivity contribution is 5.67. The lowest BCUT2D eigenvalue weighted by Crippen LogP contribution is -2.34. The summed E-state index contributed by atoms with van der Waals surface area (Å²) in [6.07, 6.45) is 6.18. The molecule has 3 aromatic rings. The van der Waals surface area contributed by atoms with Gasteiger partial charge in [0.2, 0.25) is 0 Å². The first-order chi connectivity index (χ1) is 13.3. The summed E-state index contributed by atoms with van der Waals surface area (Å²) >= 11 is 0. The molecule has 0 bridgehead atoms. The zero-order chi connectivity index (χ0) is 18.5. The quantitative estimate of drug-likeness (QED) is 0.671. The second-order valence-electron chi connectivity index (χ2n) is 7.08. The number of likely N-dealkylation sites (tertiary alicyclic amines) is 1. The van der Waals surface area contributed by atoms with E-state index in [4.69, 9.17) is 9.72 Å². The van der Waals surface area contributed by atoms with Gasteiger partial charge in [-0.3, -0.25) is 14.9 Å². The SMILES string of the molecule is COc1ccccc1-c1cccc([C@@H]2CCCN(Cc3cccnc3)C2)n1. The van der Waals surface area contributed by atoms with Gasteiger partial charge >= 0.3 is 0 Å². The number of benzene rings is 1. The molecule has 4 nitrogen and oxygen atoms in total. The van der Waals surface area contributed by atoms with Crippen LogP contribution in [0.2, 0.25) is 0 Å². The Balaban J connectivity index is 1.53. The number of methoxy groups -OCH3 is 1. The monoisotopic (exact) mass is 359 g/mol. The number of para-hydroxylation sites is 1. The molecule has 4 heteroatoms. The summed E-state index contributed by atoms with van der Waals surface area (Å²) in [5.41, 5.74) is 4.47. The molecule has 0 radical (unpaired) electrons. The fourth-order valence-electron chi connectivity index (χ4n) is 3.88. The molecule has 1 aliphatic rings. The van der Waals surface area contributed by atoms with Gasteiger partial charge in [-0.2, -0.15) is 0 Å². The molecule has 2 aromatic heterocycles. The molecule has 0 amide bonds. The molecule has 0 N–H and O–H groups in total. The Morgan fingerprint density at radius 1 is 1.07 bits per heavy atom. The van der Waals surface area contributed by atoms with E-state index in [1.807, 2.05) is 36.7 Å². The van der Waals surface area contributed by atoms with E-state index in [-0.39, 0.29) is 0 Å². The van der Waals surface area contributed by atoms with Crippen molar-refractivity contribution in [2.45, 2.75) is 25.3 Å². The van der Waals surface area contributed by atoms with E-state index in [2.05, 4.69) is 40.2 Å². The summed E-state index contributed by atoms with van der Waals surface area (Å²) in [5, 5.41) is 0. The van der Waals surface area contributed by atoms with Crippen molar-refractivity contribution < 1.29 is 4.74 Å². The number of nitrogens with zero attached hydrogens (tertiary/aromatic N) is 3. The second kappa shape index (κ2) is 8.31. The predicted octanol–water partition coefficient (Wildman–Crippen LogP) is 4.53. The Kier molecular flexibility index (Phi) is 5.45. The smallest absolute Gasteiger partial charge is 0.128 e. The van der Waals surface area contributed by atoms with E-state index >= 15 is 0 Å². The highest BCUT2D eigenvalue weighted by Crippen LogP contribution is 2.31. The standard InChI is InChI=1S/C23H25N3O/c1-27-23-12-3-2-9-20(23)22-11-4-10-21(25-22)19-8-6-14-26(17-19)16-18-7-5-13-24-15-18/h2-5,7,9-13,15,19H,6,8,14,16-17H2,1H3/t19-/m1/s1. The highest BCUT2D eigenvalue weighted by atomic mass is 16.5. The number of hydrogen-bond donors (Lipinski definition) is 0. The van der Waals surface area contributed by atoms with Crippen molar-refractivity contribution in [1.82, 2.24) is 14.9 Å². The fourth-order valence-corrected chi connectivity index (χ4v) is 3.88. The molecule has 1 atom stereocenters. The van der Waals surface area contributed by atoms with Crippen molar-refractivity contribution >= 4 is 0 Å². The van der Waals surface area contributed by atoms with Crippen LogP contribution in [-0.2, 0) is 6.54 Å². The van der Waals surface area contributed by atoms with Crippen molar-refractivity contribution in [3.05, 3.63) is 78.2 Å². The van der Waals surface area contributed by atoms with Crippen LogP contribution >= 0.6 is 0 Å². The summed E-state index contributed by atoms with van der Waals surface area (Å²) in [4.78, 5) is 11.8. The third-order valence-corrected chi connectivity index (χ3v) is 5.21. The van der Waals surface area contributed by atoms with E-state index in [1.54, 1.807) is 7.11 Å². The van der Waals surface area contributed by atoms with Gasteiger partial charge in [0.15, 0.2) is 0 Å². The highest BCUT2D eigenvalue weighted by Gasteiger charge is 2.23. The van der Waals surface area contributed by atoms with Crippen molar-refractivity contribution in [3.63, 3.8) is 0 Å². The van der Waals surface area contributed by atoms with Crippen LogP contribution in [0.25, 0.3) is 11.3 Å². The average molecular weight is 359 g/mol. The fraction of sp³-hybridized carbons (Fsp3) is 0.304. The Morgan fingerprint density at radius 3 is 2.85 bits per heavy atom. The van der Waals surface area contributed by atoms with Crippen LogP contribution in [0.4, 0.5) is 0 Å². The van der Waals surface area contributed by atoms with Gasteiger partial charge in [-0.1, -0.05) is 24.3 Å². The minimum absolute atomic E-state index is 0.463. The van der Waals surface area contributed by atoms with Gasteiger partial charge in [0.05, 0.1) is 12.8 Å². The van der Waals surface area contributed by atoms with Gasteiger partial charge in [0, 0.05) is 42.7 Å². The molecule has 1 aliphatic heterocycles. The topological polar surface area (TPSA) is 38.2 Å². The molecular formula is C23H25N3O. The maximum atomic E-state index is 5.51. The number of piperidine rings is 1. The molecule has 0 spiro atoms. The van der Waals surface area contributed by atoms with Crippen molar-refractivity contribution in [1.29, 1.82) is 0 Å². The maximum absolute atomic E-state index is 5.51. The van der Waals surface area contributed by atoms with Crippen LogP contribution in [0, 0.1) is 0 Å². The maximum Gasteiger partial charge on any atom is 0.128 e. The molecule has 3 heterocycles. The van der Waals surface area contributed by atoms with Crippen LogP contribution in [0.5, 0.6) is 5.75 Å². The van der Waals surface area contributed by atoms with Gasteiger partial charge in [0.25, 0.3) is 0 Å². The van der Waals surface area contributed by atoms with Crippen molar-refractivity contribution in [2.24, 2.45) is 0 Å². The van der Waals surface area contributed by atoms with E-state index in [1.165, 1.54) is 24.1 Å². The van der Waals surface area contributed by atoms with E-state index in [0.717, 1.165) is 36.6 Å². The summed E-state index contributed by atoms with van der Waals surface area (Å²) in [6, 6.07) is 18.6. The first-order valence-electron chi connectivity index (χ1n) is 9.55. The number of ether oxygens (including phenoxy) is 1. The molecule has 1 fully saturated rings. The minimum Gasteiger partial charge on any atom is -0.496 e. The zero-order valence-corrected chi connectivity index (χ0v) is 15.7. The summed E-state index contributed by atoms with van der Waals surface area (Å²) in [7, 11) is 1.71. The molecule has 0 aliphatic carbocycles. The normalized spacial score (nSPS) is 17.6. The third-order valence-electron chi connectivity index (χ3n) is 5.21.